The highest BCUT2D eigenvalue weighted by molar-refractivity contribution is 6.39. The van der Waals surface area contributed by atoms with Gasteiger partial charge in [0.05, 0.1) is 5.92 Å². The lowest BCUT2D eigenvalue weighted by molar-refractivity contribution is -0.149. The summed E-state index contributed by atoms with van der Waals surface area (Å²) in [5.41, 5.74) is 1.49. The van der Waals surface area contributed by atoms with Crippen LogP contribution in [0.5, 0.6) is 0 Å². The number of likely N-dealkylation sites (tertiary alicyclic amines) is 1. The van der Waals surface area contributed by atoms with Crippen LogP contribution < -0.4 is 5.32 Å². The van der Waals surface area contributed by atoms with Crippen LogP contribution in [0.25, 0.3) is 0 Å². The second kappa shape index (κ2) is 5.91. The molecule has 0 aromatic heterocycles. The third-order valence-electron chi connectivity index (χ3n) is 3.92. The summed E-state index contributed by atoms with van der Waals surface area (Å²) in [6.07, 6.45) is 0. The summed E-state index contributed by atoms with van der Waals surface area (Å²) in [6, 6.07) is 7.46. The van der Waals surface area contributed by atoms with E-state index in [9.17, 15) is 14.4 Å². The van der Waals surface area contributed by atoms with Gasteiger partial charge in [0.25, 0.3) is 0 Å². The first-order chi connectivity index (χ1) is 10.2. The number of benzene rings is 1. The first-order valence-electron chi connectivity index (χ1n) is 7.40. The van der Waals surface area contributed by atoms with Crippen LogP contribution in [0.15, 0.2) is 24.3 Å². The molecule has 5 heteroatoms. The number of ketones is 1. The minimum Gasteiger partial charge on any atom is -0.333 e. The van der Waals surface area contributed by atoms with Crippen molar-refractivity contribution < 1.29 is 14.4 Å². The summed E-state index contributed by atoms with van der Waals surface area (Å²) in [6.45, 7) is 8.32. The Labute approximate surface area is 130 Å². The highest BCUT2D eigenvalue weighted by Crippen LogP contribution is 2.29. The second-order valence-electron chi connectivity index (χ2n) is 6.77. The number of carbonyl (C=O) groups excluding carboxylic acids is 3. The third-order valence-corrected chi connectivity index (χ3v) is 3.92. The summed E-state index contributed by atoms with van der Waals surface area (Å²) in [7, 11) is 0. The van der Waals surface area contributed by atoms with Gasteiger partial charge in [0.1, 0.15) is 5.78 Å². The predicted molar refractivity (Wildman–Crippen MR) is 84.5 cm³/mol. The van der Waals surface area contributed by atoms with Crippen molar-refractivity contribution in [2.45, 2.75) is 33.1 Å². The monoisotopic (exact) mass is 302 g/mol. The number of anilines is 1. The van der Waals surface area contributed by atoms with Gasteiger partial charge in [0.15, 0.2) is 0 Å². The molecule has 1 N–H and O–H groups in total. The molecule has 0 spiro atoms. The number of nitrogens with zero attached hydrogens (tertiary/aromatic N) is 1. The van der Waals surface area contributed by atoms with Crippen LogP contribution in [0.1, 0.15) is 33.3 Å². The molecule has 2 amide bonds. The molecule has 2 rings (SSSR count). The van der Waals surface area contributed by atoms with Crippen LogP contribution in [0.3, 0.4) is 0 Å². The van der Waals surface area contributed by atoms with Gasteiger partial charge in [-0.05, 0) is 24.0 Å². The van der Waals surface area contributed by atoms with E-state index in [2.05, 4.69) is 5.32 Å². The van der Waals surface area contributed by atoms with E-state index in [0.29, 0.717) is 18.8 Å². The number of amides is 2. The maximum absolute atomic E-state index is 12.1. The molecular weight excluding hydrogens is 280 g/mol. The van der Waals surface area contributed by atoms with E-state index in [1.807, 2.05) is 39.0 Å². The average molecular weight is 302 g/mol. The van der Waals surface area contributed by atoms with Crippen LogP contribution >= 0.6 is 0 Å². The van der Waals surface area contributed by atoms with Crippen molar-refractivity contribution in [3.63, 3.8) is 0 Å². The SMILES string of the molecule is CC(=O)C1CN(C(=O)C(=O)Nc2ccccc2C(C)(C)C)C1. The zero-order chi connectivity index (χ0) is 16.5. The molecule has 1 aromatic rings. The molecule has 1 fully saturated rings. The van der Waals surface area contributed by atoms with Crippen molar-refractivity contribution in [3.8, 4) is 0 Å². The third kappa shape index (κ3) is 3.35. The van der Waals surface area contributed by atoms with Crippen LogP contribution in [0, 0.1) is 5.92 Å². The van der Waals surface area contributed by atoms with Gasteiger partial charge in [0.2, 0.25) is 0 Å². The molecule has 1 saturated heterocycles. The summed E-state index contributed by atoms with van der Waals surface area (Å²) in [4.78, 5) is 36.8. The molecule has 1 aromatic carbocycles. The largest absolute Gasteiger partial charge is 0.333 e. The molecule has 1 heterocycles. The zero-order valence-electron chi connectivity index (χ0n) is 13.5. The quantitative estimate of drug-likeness (QED) is 0.849. The Morgan fingerprint density at radius 1 is 1.14 bits per heavy atom. The highest BCUT2D eigenvalue weighted by Gasteiger charge is 2.36. The number of hydrogen-bond donors (Lipinski definition) is 1. The second-order valence-corrected chi connectivity index (χ2v) is 6.77. The number of Topliss-reactive ketones (excluding diaryl/α,β-unsaturated/α-hetero) is 1. The van der Waals surface area contributed by atoms with E-state index in [4.69, 9.17) is 0 Å². The molecule has 5 nitrogen and oxygen atoms in total. The number of para-hydroxylation sites is 1. The van der Waals surface area contributed by atoms with Crippen molar-refractivity contribution >= 4 is 23.3 Å². The molecule has 0 atom stereocenters. The van der Waals surface area contributed by atoms with Gasteiger partial charge in [0, 0.05) is 18.8 Å². The van der Waals surface area contributed by atoms with Crippen LogP contribution in [-0.4, -0.2) is 35.6 Å². The zero-order valence-corrected chi connectivity index (χ0v) is 13.5. The molecule has 0 saturated carbocycles. The van der Waals surface area contributed by atoms with Crippen molar-refractivity contribution in [3.05, 3.63) is 29.8 Å². The topological polar surface area (TPSA) is 66.5 Å². The Bertz CT molecular complexity index is 611. The van der Waals surface area contributed by atoms with Gasteiger partial charge in [-0.1, -0.05) is 39.0 Å². The van der Waals surface area contributed by atoms with E-state index < -0.39 is 11.8 Å². The van der Waals surface area contributed by atoms with Crippen LogP contribution in [-0.2, 0) is 19.8 Å². The summed E-state index contributed by atoms with van der Waals surface area (Å²) in [5, 5.41) is 2.69. The molecule has 22 heavy (non-hydrogen) atoms. The average Bonchev–Trinajstić information content (AvgIpc) is 2.35. The van der Waals surface area contributed by atoms with Gasteiger partial charge < -0.3 is 10.2 Å². The molecular formula is C17H22N2O3. The minimum atomic E-state index is -0.654. The fourth-order valence-corrected chi connectivity index (χ4v) is 2.47. The van der Waals surface area contributed by atoms with Crippen molar-refractivity contribution in [2.24, 2.45) is 5.92 Å². The van der Waals surface area contributed by atoms with E-state index in [0.717, 1.165) is 5.56 Å². The normalized spacial score (nSPS) is 15.2. The van der Waals surface area contributed by atoms with Gasteiger partial charge in [-0.15, -0.1) is 0 Å². The van der Waals surface area contributed by atoms with Crippen LogP contribution in [0.4, 0.5) is 5.69 Å². The summed E-state index contributed by atoms with van der Waals surface area (Å²) < 4.78 is 0. The van der Waals surface area contributed by atoms with Crippen molar-refractivity contribution in [2.75, 3.05) is 18.4 Å². The van der Waals surface area contributed by atoms with E-state index in [1.54, 1.807) is 6.07 Å². The Morgan fingerprint density at radius 3 is 2.27 bits per heavy atom. The number of carbonyl (C=O) groups is 3. The Hall–Kier alpha value is -2.17. The number of hydrogen-bond acceptors (Lipinski definition) is 3. The predicted octanol–water partition coefficient (Wildman–Crippen LogP) is 1.97. The minimum absolute atomic E-state index is 0.0579. The Morgan fingerprint density at radius 2 is 1.73 bits per heavy atom. The first kappa shape index (κ1) is 16.2. The molecule has 118 valence electrons. The van der Waals surface area contributed by atoms with Gasteiger partial charge in [-0.2, -0.15) is 0 Å². The fourth-order valence-electron chi connectivity index (χ4n) is 2.47. The van der Waals surface area contributed by atoms with Gasteiger partial charge >= 0.3 is 11.8 Å². The molecule has 0 unspecified atom stereocenters. The lowest BCUT2D eigenvalue weighted by atomic mass is 9.86. The smallest absolute Gasteiger partial charge is 0.313 e. The van der Waals surface area contributed by atoms with Gasteiger partial charge in [-0.3, -0.25) is 14.4 Å². The molecule has 0 bridgehead atoms. The Balaban J connectivity index is 2.04. The van der Waals surface area contributed by atoms with E-state index >= 15 is 0 Å². The highest BCUT2D eigenvalue weighted by atomic mass is 16.2. The summed E-state index contributed by atoms with van der Waals surface area (Å²) >= 11 is 0. The van der Waals surface area contributed by atoms with Crippen molar-refractivity contribution in [1.29, 1.82) is 0 Å². The molecule has 0 radical (unpaired) electrons. The maximum atomic E-state index is 12.1. The molecule has 1 aliphatic rings. The van der Waals surface area contributed by atoms with E-state index in [1.165, 1.54) is 11.8 Å². The standard InChI is InChI=1S/C17H22N2O3/c1-11(20)12-9-19(10-12)16(22)15(21)18-14-8-6-5-7-13(14)17(2,3)4/h5-8,12H,9-10H2,1-4H3,(H,18,21). The van der Waals surface area contributed by atoms with Gasteiger partial charge in [-0.25, -0.2) is 0 Å². The lowest BCUT2D eigenvalue weighted by Crippen LogP contribution is -2.55. The van der Waals surface area contributed by atoms with Crippen LogP contribution in [0.2, 0.25) is 0 Å². The lowest BCUT2D eigenvalue weighted by Gasteiger charge is -2.37. The molecule has 0 aliphatic carbocycles. The summed E-state index contributed by atoms with van der Waals surface area (Å²) in [5.74, 6) is -1.30. The van der Waals surface area contributed by atoms with E-state index in [-0.39, 0.29) is 17.1 Å². The van der Waals surface area contributed by atoms with Crippen molar-refractivity contribution in [1.82, 2.24) is 4.90 Å². The first-order valence-corrected chi connectivity index (χ1v) is 7.40. The maximum Gasteiger partial charge on any atom is 0.313 e. The fraction of sp³-hybridized carbons (Fsp3) is 0.471. The number of rotatable bonds is 2. The number of nitrogens with one attached hydrogen (secondary N) is 1. The Kier molecular flexibility index (Phi) is 4.35. The molecule has 1 aliphatic heterocycles.